The van der Waals surface area contributed by atoms with E-state index < -0.39 is 33.1 Å². The Morgan fingerprint density at radius 3 is 2.40 bits per heavy atom. The Balaban J connectivity index is 1.70. The molecule has 1 fully saturated rings. The minimum absolute atomic E-state index is 0.0375. The van der Waals surface area contributed by atoms with Gasteiger partial charge >= 0.3 is 0 Å². The molecule has 1 atom stereocenters. The van der Waals surface area contributed by atoms with Gasteiger partial charge in [-0.15, -0.1) is 0 Å². The van der Waals surface area contributed by atoms with Gasteiger partial charge in [0.05, 0.1) is 23.1 Å². The summed E-state index contributed by atoms with van der Waals surface area (Å²) in [5.41, 5.74) is 6.46. The fourth-order valence-electron chi connectivity index (χ4n) is 4.06. The van der Waals surface area contributed by atoms with Crippen LogP contribution in [0.15, 0.2) is 54.6 Å². The van der Waals surface area contributed by atoms with Crippen molar-refractivity contribution in [3.8, 4) is 0 Å². The molecule has 0 radical (unpaired) electrons. The predicted molar refractivity (Wildman–Crippen MR) is 110 cm³/mol. The molecule has 0 spiro atoms. The molecule has 0 aromatic heterocycles. The minimum atomic E-state index is -3.20. The molecule has 1 amide bonds. The van der Waals surface area contributed by atoms with Gasteiger partial charge in [0.2, 0.25) is 5.91 Å². The molecular weight excluding hydrogens is 410 g/mol. The normalized spacial score (nSPS) is 22.6. The van der Waals surface area contributed by atoms with E-state index in [1.165, 1.54) is 4.90 Å². The monoisotopic (exact) mass is 432 g/mol. The molecule has 1 saturated heterocycles. The maximum absolute atomic E-state index is 14.4. The van der Waals surface area contributed by atoms with Crippen molar-refractivity contribution in [2.45, 2.75) is 24.4 Å². The Labute approximate surface area is 174 Å². The van der Waals surface area contributed by atoms with Crippen LogP contribution in [0, 0.1) is 11.6 Å². The second-order valence-electron chi connectivity index (χ2n) is 7.91. The maximum Gasteiger partial charge on any atom is 0.243 e. The first kappa shape index (κ1) is 20.7. The average Bonchev–Trinajstić information content (AvgIpc) is 3.17. The first-order valence-electron chi connectivity index (χ1n) is 9.70. The highest BCUT2D eigenvalue weighted by molar-refractivity contribution is 7.91. The summed E-state index contributed by atoms with van der Waals surface area (Å²) in [6, 6.07) is 11.9. The lowest BCUT2D eigenvalue weighted by Gasteiger charge is -2.37. The molecule has 0 saturated carbocycles. The lowest BCUT2D eigenvalue weighted by Crippen LogP contribution is -2.58. The highest BCUT2D eigenvalue weighted by Crippen LogP contribution is 2.38. The molecule has 5 nitrogen and oxygen atoms in total. The van der Waals surface area contributed by atoms with E-state index in [0.717, 1.165) is 23.8 Å². The molecular formula is C22H22F2N2O3S. The topological polar surface area (TPSA) is 80.5 Å². The van der Waals surface area contributed by atoms with Crippen LogP contribution in [0.3, 0.4) is 0 Å². The summed E-state index contributed by atoms with van der Waals surface area (Å²) >= 11 is 0. The smallest absolute Gasteiger partial charge is 0.243 e. The van der Waals surface area contributed by atoms with E-state index in [0.29, 0.717) is 5.57 Å². The summed E-state index contributed by atoms with van der Waals surface area (Å²) in [7, 11) is -3.20. The zero-order valence-electron chi connectivity index (χ0n) is 16.2. The van der Waals surface area contributed by atoms with Crippen molar-refractivity contribution in [2.24, 2.45) is 5.73 Å². The van der Waals surface area contributed by atoms with Gasteiger partial charge in [-0.3, -0.25) is 4.79 Å². The third kappa shape index (κ3) is 3.89. The molecule has 1 unspecified atom stereocenters. The number of carbonyl (C=O) groups excluding carboxylic acids is 1. The van der Waals surface area contributed by atoms with E-state index >= 15 is 0 Å². The van der Waals surface area contributed by atoms with Crippen LogP contribution >= 0.6 is 0 Å². The van der Waals surface area contributed by atoms with E-state index in [1.807, 2.05) is 30.3 Å². The second-order valence-corrected chi connectivity index (χ2v) is 10.2. The third-order valence-corrected chi connectivity index (χ3v) is 7.51. The largest absolute Gasteiger partial charge is 0.326 e. The molecule has 2 aromatic rings. The maximum atomic E-state index is 14.4. The number of halogens is 2. The molecule has 4 rings (SSSR count). The Bertz CT molecular complexity index is 1100. The highest BCUT2D eigenvalue weighted by atomic mass is 32.2. The second kappa shape index (κ2) is 7.59. The molecule has 158 valence electrons. The van der Waals surface area contributed by atoms with Crippen molar-refractivity contribution in [1.29, 1.82) is 0 Å². The fraction of sp³-hybridized carbons (Fsp3) is 0.318. The molecule has 2 aliphatic heterocycles. The summed E-state index contributed by atoms with van der Waals surface area (Å²) in [6.45, 7) is 0.0600. The molecule has 2 N–H and O–H groups in total. The van der Waals surface area contributed by atoms with Crippen LogP contribution in [0.1, 0.15) is 30.0 Å². The minimum Gasteiger partial charge on any atom is -0.326 e. The number of benzene rings is 2. The summed E-state index contributed by atoms with van der Waals surface area (Å²) in [6.07, 6.45) is 1.82. The standard InChI is InChI=1S/C22H22F2N2O3S/c23-17-6-7-19(24)18(13-17)16-12-20(15-4-2-1-3-5-15)26(14-16)21(27)22(25)8-10-30(28,29)11-9-22/h1-7,12-13,20H,8-11,14,25H2. The van der Waals surface area contributed by atoms with Gasteiger partial charge in [-0.2, -0.15) is 0 Å². The van der Waals surface area contributed by atoms with E-state index in [4.69, 9.17) is 5.73 Å². The Kier molecular flexibility index (Phi) is 5.23. The Hall–Kier alpha value is -2.58. The van der Waals surface area contributed by atoms with E-state index in [1.54, 1.807) is 6.08 Å². The quantitative estimate of drug-likeness (QED) is 0.809. The number of sulfone groups is 1. The van der Waals surface area contributed by atoms with Crippen LogP contribution in [-0.4, -0.2) is 42.8 Å². The van der Waals surface area contributed by atoms with E-state index in [-0.39, 0.29) is 42.4 Å². The van der Waals surface area contributed by atoms with Gasteiger partial charge in [0.15, 0.2) is 0 Å². The molecule has 0 aliphatic carbocycles. The summed E-state index contributed by atoms with van der Waals surface area (Å²) in [4.78, 5) is 15.0. The van der Waals surface area contributed by atoms with Crippen molar-refractivity contribution in [1.82, 2.24) is 4.90 Å². The van der Waals surface area contributed by atoms with Gasteiger partial charge in [0, 0.05) is 12.1 Å². The number of carbonyl (C=O) groups is 1. The van der Waals surface area contributed by atoms with Crippen molar-refractivity contribution in [3.63, 3.8) is 0 Å². The van der Waals surface area contributed by atoms with Gasteiger partial charge in [0.1, 0.15) is 21.5 Å². The van der Waals surface area contributed by atoms with Crippen LogP contribution in [0.5, 0.6) is 0 Å². The number of hydrogen-bond acceptors (Lipinski definition) is 4. The molecule has 30 heavy (non-hydrogen) atoms. The van der Waals surface area contributed by atoms with Crippen LogP contribution in [0.4, 0.5) is 8.78 Å². The van der Waals surface area contributed by atoms with E-state index in [9.17, 15) is 22.0 Å². The highest BCUT2D eigenvalue weighted by Gasteiger charge is 2.45. The lowest BCUT2D eigenvalue weighted by molar-refractivity contribution is -0.137. The third-order valence-electron chi connectivity index (χ3n) is 5.86. The Morgan fingerprint density at radius 2 is 1.73 bits per heavy atom. The molecule has 2 aromatic carbocycles. The number of nitrogens with two attached hydrogens (primary N) is 1. The SMILES string of the molecule is NC1(C(=O)N2CC(c3cc(F)ccc3F)=CC2c2ccccc2)CCS(=O)(=O)CC1. The van der Waals surface area contributed by atoms with Crippen molar-refractivity contribution in [2.75, 3.05) is 18.1 Å². The number of nitrogens with zero attached hydrogens (tertiary/aromatic N) is 1. The molecule has 2 heterocycles. The molecule has 2 aliphatic rings. The van der Waals surface area contributed by atoms with Gasteiger partial charge in [-0.25, -0.2) is 17.2 Å². The first-order valence-corrected chi connectivity index (χ1v) is 11.5. The van der Waals surface area contributed by atoms with Gasteiger partial charge in [-0.1, -0.05) is 36.4 Å². The number of rotatable bonds is 3. The zero-order chi connectivity index (χ0) is 21.5. The summed E-state index contributed by atoms with van der Waals surface area (Å²) < 4.78 is 51.8. The molecule has 8 heteroatoms. The van der Waals surface area contributed by atoms with Crippen LogP contribution in [-0.2, 0) is 14.6 Å². The van der Waals surface area contributed by atoms with Gasteiger partial charge in [-0.05, 0) is 42.2 Å². The van der Waals surface area contributed by atoms with Crippen LogP contribution in [0.2, 0.25) is 0 Å². The Morgan fingerprint density at radius 1 is 1.07 bits per heavy atom. The lowest BCUT2D eigenvalue weighted by atomic mass is 9.91. The van der Waals surface area contributed by atoms with Crippen molar-refractivity contribution < 1.29 is 22.0 Å². The summed E-state index contributed by atoms with van der Waals surface area (Å²) in [5.74, 6) is -1.80. The van der Waals surface area contributed by atoms with Crippen molar-refractivity contribution >= 4 is 21.3 Å². The van der Waals surface area contributed by atoms with Crippen molar-refractivity contribution in [3.05, 3.63) is 77.4 Å². The van der Waals surface area contributed by atoms with Crippen LogP contribution < -0.4 is 5.73 Å². The van der Waals surface area contributed by atoms with Gasteiger partial charge in [0.25, 0.3) is 0 Å². The number of hydrogen-bond donors (Lipinski definition) is 1. The van der Waals surface area contributed by atoms with Gasteiger partial charge < -0.3 is 10.6 Å². The summed E-state index contributed by atoms with van der Waals surface area (Å²) in [5, 5.41) is 0. The fourth-order valence-corrected chi connectivity index (χ4v) is 5.61. The zero-order valence-corrected chi connectivity index (χ0v) is 17.0. The predicted octanol–water partition coefficient (Wildman–Crippen LogP) is 2.84. The molecule has 0 bridgehead atoms. The average molecular weight is 432 g/mol. The number of amides is 1. The first-order chi connectivity index (χ1) is 14.2. The van der Waals surface area contributed by atoms with E-state index in [2.05, 4.69) is 0 Å². The van der Waals surface area contributed by atoms with Crippen LogP contribution in [0.25, 0.3) is 5.57 Å².